The molecule has 0 spiro atoms. The molecule has 0 N–H and O–H groups in total. The molecule has 0 amide bonds. The maximum atomic E-state index is 11.3. The molecule has 2 aromatic rings. The van der Waals surface area contributed by atoms with Crippen LogP contribution in [0.4, 0.5) is 0 Å². The minimum atomic E-state index is 0. The van der Waals surface area contributed by atoms with Crippen molar-refractivity contribution >= 4 is 0 Å². The second kappa shape index (κ2) is 17.1. The third kappa shape index (κ3) is 12.1. The van der Waals surface area contributed by atoms with Gasteiger partial charge in [0.15, 0.2) is 0 Å². The molecule has 27 heavy (non-hydrogen) atoms. The van der Waals surface area contributed by atoms with E-state index in [1.807, 2.05) is 24.3 Å². The quantitative estimate of drug-likeness (QED) is 0.330. The molecule has 0 aromatic heterocycles. The van der Waals surface area contributed by atoms with E-state index in [1.54, 1.807) is 24.3 Å². The van der Waals surface area contributed by atoms with Crippen molar-refractivity contribution in [3.8, 4) is 11.5 Å². The molecule has 0 aliphatic carbocycles. The van der Waals surface area contributed by atoms with Crippen molar-refractivity contribution in [3.05, 3.63) is 59.7 Å². The van der Waals surface area contributed by atoms with Gasteiger partial charge < -0.3 is 10.2 Å². The summed E-state index contributed by atoms with van der Waals surface area (Å²) in [7, 11) is 0. The predicted molar refractivity (Wildman–Crippen MR) is 107 cm³/mol. The Morgan fingerprint density at radius 2 is 0.926 bits per heavy atom. The van der Waals surface area contributed by atoms with Crippen molar-refractivity contribution in [2.75, 3.05) is 0 Å². The summed E-state index contributed by atoms with van der Waals surface area (Å²) in [6.07, 6.45) is 11.7. The average Bonchev–Trinajstić information content (AvgIpc) is 2.66. The van der Waals surface area contributed by atoms with Crippen LogP contribution in [0.5, 0.6) is 11.5 Å². The molecule has 0 radical (unpaired) electrons. The molecule has 0 unspecified atom stereocenters. The molecular weight excluding hydrogens is 433 g/mol. The minimum Gasteiger partial charge on any atom is -0.872 e. The number of hydrogen-bond donors (Lipinski definition) is 0. The fourth-order valence-corrected chi connectivity index (χ4v) is 2.91. The summed E-state index contributed by atoms with van der Waals surface area (Å²) in [5.41, 5.74) is 1.94. The number of para-hydroxylation sites is 2. The van der Waals surface area contributed by atoms with E-state index >= 15 is 0 Å². The van der Waals surface area contributed by atoms with E-state index in [-0.39, 0.29) is 38.8 Å². The normalized spacial score (nSPS) is 9.85. The van der Waals surface area contributed by atoms with Crippen molar-refractivity contribution in [2.24, 2.45) is 0 Å². The third-order valence-electron chi connectivity index (χ3n) is 4.54. The van der Waals surface area contributed by atoms with Gasteiger partial charge in [0.25, 0.3) is 0 Å². The predicted octanol–water partition coefficient (Wildman–Crippen LogP) is 5.76. The summed E-state index contributed by atoms with van der Waals surface area (Å²) >= 11 is 0. The van der Waals surface area contributed by atoms with Gasteiger partial charge in [-0.25, -0.2) is 0 Å². The molecule has 3 heteroatoms. The van der Waals surface area contributed by atoms with Crippen LogP contribution in [0.3, 0.4) is 0 Å². The van der Waals surface area contributed by atoms with Gasteiger partial charge in [0.1, 0.15) is 0 Å². The summed E-state index contributed by atoms with van der Waals surface area (Å²) in [5, 5.41) is 22.6. The van der Waals surface area contributed by atoms with Crippen LogP contribution in [0.1, 0.15) is 76.3 Å². The van der Waals surface area contributed by atoms with E-state index < -0.39 is 0 Å². The fraction of sp³-hybridized carbons (Fsp3) is 0.500. The van der Waals surface area contributed by atoms with Crippen LogP contribution in [-0.2, 0) is 40.1 Å². The van der Waals surface area contributed by atoms with Gasteiger partial charge in [-0.3, -0.25) is 0 Å². The van der Waals surface area contributed by atoms with Gasteiger partial charge in [-0.1, -0.05) is 112 Å². The van der Waals surface area contributed by atoms with Crippen LogP contribution in [0.25, 0.3) is 0 Å². The van der Waals surface area contributed by atoms with E-state index in [9.17, 15) is 10.2 Å². The van der Waals surface area contributed by atoms with Crippen molar-refractivity contribution < 1.29 is 37.5 Å². The monoisotopic (exact) mass is 468 g/mol. The molecule has 144 valence electrons. The molecular formula is C24H34CdO2. The Labute approximate surface area is 186 Å². The first-order chi connectivity index (χ1) is 12.7. The Kier molecular flexibility index (Phi) is 16.4. The van der Waals surface area contributed by atoms with Crippen LogP contribution in [0.15, 0.2) is 48.5 Å². The average molecular weight is 467 g/mol. The Bertz CT molecular complexity index is 545. The fourth-order valence-electron chi connectivity index (χ4n) is 2.91. The van der Waals surface area contributed by atoms with E-state index in [1.165, 1.54) is 38.5 Å². The molecule has 0 bridgehead atoms. The van der Waals surface area contributed by atoms with Crippen molar-refractivity contribution in [1.82, 2.24) is 0 Å². The summed E-state index contributed by atoms with van der Waals surface area (Å²) in [6, 6.07) is 14.7. The summed E-state index contributed by atoms with van der Waals surface area (Å²) in [6.45, 7) is 4.39. The Morgan fingerprint density at radius 3 is 1.26 bits per heavy atom. The maximum absolute atomic E-state index is 11.3. The number of aryl methyl sites for hydroxylation is 2. The van der Waals surface area contributed by atoms with Gasteiger partial charge >= 0.3 is 27.3 Å². The first-order valence-corrected chi connectivity index (χ1v) is 10.2. The number of rotatable bonds is 10. The Hall–Kier alpha value is -1.04. The van der Waals surface area contributed by atoms with E-state index in [4.69, 9.17) is 0 Å². The zero-order valence-corrected chi connectivity index (χ0v) is 21.2. The molecule has 0 fully saturated rings. The zero-order valence-electron chi connectivity index (χ0n) is 17.2. The smallest absolute Gasteiger partial charge is 0.872 e. The van der Waals surface area contributed by atoms with Crippen LogP contribution < -0.4 is 10.2 Å². The van der Waals surface area contributed by atoms with E-state index in [2.05, 4.69) is 13.8 Å². The van der Waals surface area contributed by atoms with Gasteiger partial charge in [0.2, 0.25) is 0 Å². The van der Waals surface area contributed by atoms with Crippen molar-refractivity contribution in [3.63, 3.8) is 0 Å². The molecule has 0 saturated heterocycles. The number of benzene rings is 2. The minimum absolute atomic E-state index is 0. The van der Waals surface area contributed by atoms with Gasteiger partial charge in [-0.15, -0.1) is 11.5 Å². The van der Waals surface area contributed by atoms with E-state index in [0.717, 1.165) is 36.8 Å². The van der Waals surface area contributed by atoms with Crippen molar-refractivity contribution in [1.29, 1.82) is 0 Å². The standard InChI is InChI=1S/2C12H18O.Cd/c2*1-2-3-4-5-8-11-9-6-7-10-12(11)13;/h2*6-7,9-10,13H,2-5,8H2,1H3;/q;;+2/p-2. The SMILES string of the molecule is CCCCCCc1ccccc1[O-].CCCCCCc1ccccc1[O-].[Cd+2]. The first kappa shape index (κ1) is 26.0. The third-order valence-corrected chi connectivity index (χ3v) is 4.54. The van der Waals surface area contributed by atoms with E-state index in [0.29, 0.717) is 0 Å². The molecule has 0 heterocycles. The molecule has 0 saturated carbocycles. The van der Waals surface area contributed by atoms with Gasteiger partial charge in [0, 0.05) is 0 Å². The molecule has 0 atom stereocenters. The molecule has 2 aromatic carbocycles. The van der Waals surface area contributed by atoms with Gasteiger partial charge in [-0.2, -0.15) is 0 Å². The molecule has 0 aliphatic heterocycles. The molecule has 2 rings (SSSR count). The second-order valence-electron chi connectivity index (χ2n) is 6.84. The Balaban J connectivity index is 0.000000483. The zero-order chi connectivity index (χ0) is 19.0. The maximum Gasteiger partial charge on any atom is 2.00 e. The van der Waals surface area contributed by atoms with Crippen LogP contribution >= 0.6 is 0 Å². The molecule has 0 aliphatic rings. The first-order valence-electron chi connectivity index (χ1n) is 10.2. The summed E-state index contributed by atoms with van der Waals surface area (Å²) < 4.78 is 0. The second-order valence-corrected chi connectivity index (χ2v) is 6.84. The summed E-state index contributed by atoms with van der Waals surface area (Å²) in [5.74, 6) is 0.387. The summed E-state index contributed by atoms with van der Waals surface area (Å²) in [4.78, 5) is 0. The molecule has 2 nitrogen and oxygen atoms in total. The number of unbranched alkanes of at least 4 members (excludes halogenated alkanes) is 6. The van der Waals surface area contributed by atoms with Gasteiger partial charge in [0.05, 0.1) is 0 Å². The van der Waals surface area contributed by atoms with Crippen molar-refractivity contribution in [2.45, 2.75) is 78.1 Å². The Morgan fingerprint density at radius 1 is 0.556 bits per heavy atom. The van der Waals surface area contributed by atoms with Crippen LogP contribution in [-0.4, -0.2) is 0 Å². The van der Waals surface area contributed by atoms with Gasteiger partial charge in [-0.05, 0) is 25.7 Å². The van der Waals surface area contributed by atoms with Crippen LogP contribution in [0.2, 0.25) is 0 Å². The largest absolute Gasteiger partial charge is 2.00 e. The van der Waals surface area contributed by atoms with Crippen LogP contribution in [0, 0.1) is 0 Å². The number of hydrogen-bond acceptors (Lipinski definition) is 2. The topological polar surface area (TPSA) is 46.1 Å².